The molecule has 0 aliphatic carbocycles. The van der Waals surface area contributed by atoms with Gasteiger partial charge in [-0.1, -0.05) is 53.8 Å². The normalized spacial score (nSPS) is 16.4. The van der Waals surface area contributed by atoms with Gasteiger partial charge in [0.15, 0.2) is 0 Å². The Morgan fingerprint density at radius 2 is 1.90 bits per heavy atom. The molecule has 3 rings (SSSR count). The molecule has 1 aliphatic rings. The van der Waals surface area contributed by atoms with Gasteiger partial charge >= 0.3 is 11.9 Å². The van der Waals surface area contributed by atoms with Crippen LogP contribution in [0, 0.1) is 6.92 Å². The molecule has 9 heteroatoms. The van der Waals surface area contributed by atoms with Crippen LogP contribution in [0.1, 0.15) is 24.2 Å². The zero-order valence-electron chi connectivity index (χ0n) is 15.3. The largest absolute Gasteiger partial charge is 0.481 e. The SMILES string of the molecule is Cc1ccc(-c2ccc(C=C3SC(=S)N(C(CCC(=O)O)C(=O)O)C3=O)o2)cc1. The van der Waals surface area contributed by atoms with Crippen LogP contribution in [0.2, 0.25) is 0 Å². The van der Waals surface area contributed by atoms with Crippen LogP contribution >= 0.6 is 24.0 Å². The molecule has 150 valence electrons. The average molecular weight is 431 g/mol. The summed E-state index contributed by atoms with van der Waals surface area (Å²) in [5.41, 5.74) is 2.02. The number of carbonyl (C=O) groups is 3. The summed E-state index contributed by atoms with van der Waals surface area (Å²) in [6.45, 7) is 1.99. The van der Waals surface area contributed by atoms with Crippen LogP contribution in [0.25, 0.3) is 17.4 Å². The summed E-state index contributed by atoms with van der Waals surface area (Å²) in [6, 6.07) is 9.95. The summed E-state index contributed by atoms with van der Waals surface area (Å²) in [6.07, 6.45) is 0.890. The number of carbonyl (C=O) groups excluding carboxylic acids is 1. The van der Waals surface area contributed by atoms with Crippen LogP contribution in [0.4, 0.5) is 0 Å². The van der Waals surface area contributed by atoms with Gasteiger partial charge in [-0.2, -0.15) is 0 Å². The molecule has 1 aliphatic heterocycles. The monoisotopic (exact) mass is 431 g/mol. The van der Waals surface area contributed by atoms with Crippen molar-refractivity contribution in [2.45, 2.75) is 25.8 Å². The van der Waals surface area contributed by atoms with Crippen molar-refractivity contribution < 1.29 is 29.0 Å². The third-order valence-electron chi connectivity index (χ3n) is 4.29. The van der Waals surface area contributed by atoms with Crippen LogP contribution in [0.3, 0.4) is 0 Å². The van der Waals surface area contributed by atoms with Gasteiger partial charge in [0.25, 0.3) is 5.91 Å². The molecule has 7 nitrogen and oxygen atoms in total. The summed E-state index contributed by atoms with van der Waals surface area (Å²) in [5.74, 6) is -1.96. The lowest BCUT2D eigenvalue weighted by Crippen LogP contribution is -2.44. The van der Waals surface area contributed by atoms with E-state index in [2.05, 4.69) is 0 Å². The fourth-order valence-electron chi connectivity index (χ4n) is 2.80. The number of amides is 1. The fraction of sp³-hybridized carbons (Fsp3) is 0.200. The van der Waals surface area contributed by atoms with E-state index in [1.165, 1.54) is 6.08 Å². The summed E-state index contributed by atoms with van der Waals surface area (Å²) in [7, 11) is 0. The van der Waals surface area contributed by atoms with Gasteiger partial charge in [-0.05, 0) is 25.5 Å². The Balaban J connectivity index is 1.81. The molecule has 1 saturated heterocycles. The highest BCUT2D eigenvalue weighted by atomic mass is 32.2. The summed E-state index contributed by atoms with van der Waals surface area (Å²) >= 11 is 6.13. The quantitative estimate of drug-likeness (QED) is 0.504. The van der Waals surface area contributed by atoms with Crippen molar-refractivity contribution in [1.29, 1.82) is 0 Å². The summed E-state index contributed by atoms with van der Waals surface area (Å²) in [5, 5.41) is 18.2. The predicted octanol–water partition coefficient (Wildman–Crippen LogP) is 3.77. The molecule has 2 aromatic rings. The predicted molar refractivity (Wildman–Crippen MR) is 112 cm³/mol. The molecule has 0 bridgehead atoms. The van der Waals surface area contributed by atoms with E-state index in [0.717, 1.165) is 27.8 Å². The van der Waals surface area contributed by atoms with E-state index in [1.807, 2.05) is 31.2 Å². The van der Waals surface area contributed by atoms with Crippen molar-refractivity contribution in [2.75, 3.05) is 0 Å². The minimum Gasteiger partial charge on any atom is -0.481 e. The number of hydrogen-bond donors (Lipinski definition) is 2. The van der Waals surface area contributed by atoms with E-state index in [0.29, 0.717) is 11.5 Å². The molecule has 1 amide bonds. The second-order valence-electron chi connectivity index (χ2n) is 6.41. The number of thiocarbonyl (C=S) groups is 1. The first-order chi connectivity index (χ1) is 13.8. The third kappa shape index (κ3) is 4.75. The Hall–Kier alpha value is -2.91. The highest BCUT2D eigenvalue weighted by Crippen LogP contribution is 2.35. The molecule has 1 aromatic carbocycles. The molecular formula is C20H17NO6S2. The van der Waals surface area contributed by atoms with E-state index in [9.17, 15) is 19.5 Å². The molecule has 2 N–H and O–H groups in total. The van der Waals surface area contributed by atoms with Gasteiger partial charge in [0.05, 0.1) is 4.91 Å². The van der Waals surface area contributed by atoms with Crippen molar-refractivity contribution in [3.63, 3.8) is 0 Å². The Bertz CT molecular complexity index is 1010. The molecule has 0 saturated carbocycles. The minimum absolute atomic E-state index is 0.0735. The summed E-state index contributed by atoms with van der Waals surface area (Å²) in [4.78, 5) is 36.2. The maximum Gasteiger partial charge on any atom is 0.326 e. The zero-order chi connectivity index (χ0) is 21.1. The molecule has 0 spiro atoms. The van der Waals surface area contributed by atoms with Crippen molar-refractivity contribution in [2.24, 2.45) is 0 Å². The lowest BCUT2D eigenvalue weighted by molar-refractivity contribution is -0.146. The molecule has 0 radical (unpaired) electrons. The van der Waals surface area contributed by atoms with Crippen LogP contribution in [-0.2, 0) is 14.4 Å². The number of thioether (sulfide) groups is 1. The molecule has 29 heavy (non-hydrogen) atoms. The van der Waals surface area contributed by atoms with Crippen LogP contribution in [-0.4, -0.2) is 43.3 Å². The minimum atomic E-state index is -1.33. The molecule has 1 aromatic heterocycles. The Morgan fingerprint density at radius 3 is 2.52 bits per heavy atom. The van der Waals surface area contributed by atoms with E-state index in [4.69, 9.17) is 21.7 Å². The van der Waals surface area contributed by atoms with Gasteiger partial charge in [0.1, 0.15) is 21.9 Å². The lowest BCUT2D eigenvalue weighted by Gasteiger charge is -2.22. The van der Waals surface area contributed by atoms with Crippen molar-refractivity contribution in [3.8, 4) is 11.3 Å². The van der Waals surface area contributed by atoms with Gasteiger partial charge in [-0.3, -0.25) is 14.5 Å². The standard InChI is InChI=1S/C20H17NO6S2/c1-11-2-4-12(5-3-11)15-8-6-13(27-15)10-16-18(24)21(20(28)29-16)14(19(25)26)7-9-17(22)23/h2-6,8,10,14H,7,9H2,1H3,(H,22,23)(H,25,26). The van der Waals surface area contributed by atoms with Crippen LogP contribution in [0.15, 0.2) is 45.7 Å². The van der Waals surface area contributed by atoms with Gasteiger partial charge in [0.2, 0.25) is 0 Å². The molecule has 1 atom stereocenters. The maximum absolute atomic E-state index is 12.7. The van der Waals surface area contributed by atoms with Gasteiger partial charge in [-0.15, -0.1) is 0 Å². The van der Waals surface area contributed by atoms with Crippen molar-refractivity contribution in [3.05, 3.63) is 52.6 Å². The topological polar surface area (TPSA) is 108 Å². The third-order valence-corrected chi connectivity index (χ3v) is 5.62. The first-order valence-electron chi connectivity index (χ1n) is 8.65. The van der Waals surface area contributed by atoms with E-state index in [-0.39, 0.29) is 22.1 Å². The molecule has 2 heterocycles. The van der Waals surface area contributed by atoms with Gasteiger partial charge in [0, 0.05) is 18.1 Å². The number of carboxylic acid groups (broad SMARTS) is 2. The molecule has 1 fully saturated rings. The smallest absolute Gasteiger partial charge is 0.326 e. The van der Waals surface area contributed by atoms with Crippen LogP contribution in [0.5, 0.6) is 0 Å². The van der Waals surface area contributed by atoms with Crippen LogP contribution < -0.4 is 0 Å². The highest BCUT2D eigenvalue weighted by molar-refractivity contribution is 8.26. The number of benzene rings is 1. The second-order valence-corrected chi connectivity index (χ2v) is 8.08. The second kappa shape index (κ2) is 8.62. The summed E-state index contributed by atoms with van der Waals surface area (Å²) < 4.78 is 5.85. The Labute approximate surface area is 176 Å². The average Bonchev–Trinajstić information content (AvgIpc) is 3.22. The first-order valence-corrected chi connectivity index (χ1v) is 9.87. The number of hydrogen-bond acceptors (Lipinski definition) is 6. The number of furan rings is 1. The first kappa shape index (κ1) is 20.8. The number of carboxylic acids is 2. The van der Waals surface area contributed by atoms with E-state index >= 15 is 0 Å². The molecule has 1 unspecified atom stereocenters. The highest BCUT2D eigenvalue weighted by Gasteiger charge is 2.40. The number of aliphatic carboxylic acids is 2. The van der Waals surface area contributed by atoms with E-state index < -0.39 is 23.9 Å². The Kier molecular flexibility index (Phi) is 6.19. The van der Waals surface area contributed by atoms with Crippen molar-refractivity contribution >= 4 is 52.2 Å². The zero-order valence-corrected chi connectivity index (χ0v) is 17.0. The van der Waals surface area contributed by atoms with E-state index in [1.54, 1.807) is 12.1 Å². The van der Waals surface area contributed by atoms with Gasteiger partial charge < -0.3 is 14.6 Å². The van der Waals surface area contributed by atoms with Gasteiger partial charge in [-0.25, -0.2) is 4.79 Å². The Morgan fingerprint density at radius 1 is 1.21 bits per heavy atom. The number of aryl methyl sites for hydroxylation is 1. The lowest BCUT2D eigenvalue weighted by atomic mass is 10.1. The maximum atomic E-state index is 12.7. The molecular weight excluding hydrogens is 414 g/mol. The number of rotatable bonds is 7. The fourth-order valence-corrected chi connectivity index (χ4v) is 4.14. The number of nitrogens with zero attached hydrogens (tertiary/aromatic N) is 1. The van der Waals surface area contributed by atoms with Crippen molar-refractivity contribution in [1.82, 2.24) is 4.90 Å².